The van der Waals surface area contributed by atoms with E-state index in [1.807, 2.05) is 0 Å². The molecule has 110 valence electrons. The van der Waals surface area contributed by atoms with Crippen LogP contribution in [-0.4, -0.2) is 30.6 Å². The second-order valence-corrected chi connectivity index (χ2v) is 5.52. The fraction of sp³-hybridized carbons (Fsp3) is 0.588. The molecule has 0 amide bonds. The number of esters is 1. The molecule has 0 N–H and O–H groups in total. The van der Waals surface area contributed by atoms with Crippen LogP contribution in [0.3, 0.4) is 0 Å². The van der Waals surface area contributed by atoms with E-state index in [1.165, 1.54) is 18.2 Å². The van der Waals surface area contributed by atoms with Crippen LogP contribution >= 0.6 is 0 Å². The molecule has 0 aromatic heterocycles. The summed E-state index contributed by atoms with van der Waals surface area (Å²) in [7, 11) is 1.49. The summed E-state index contributed by atoms with van der Waals surface area (Å²) in [5, 5.41) is 0. The van der Waals surface area contributed by atoms with Crippen molar-refractivity contribution >= 4 is 5.97 Å². The van der Waals surface area contributed by atoms with Crippen molar-refractivity contribution in [2.24, 2.45) is 0 Å². The maximum atomic E-state index is 12.1. The summed E-state index contributed by atoms with van der Waals surface area (Å²) in [4.78, 5) is 14.4. The monoisotopic (exact) mass is 275 g/mol. The quantitative estimate of drug-likeness (QED) is 0.773. The first-order chi connectivity index (χ1) is 9.76. The molecule has 1 unspecified atom stereocenters. The van der Waals surface area contributed by atoms with Gasteiger partial charge in [0, 0.05) is 6.54 Å². The number of carbonyl (C=O) groups excluding carboxylic acids is 1. The van der Waals surface area contributed by atoms with Crippen molar-refractivity contribution in [2.75, 3.05) is 13.7 Å². The number of methoxy groups -OCH3 is 1. The average molecular weight is 275 g/mol. The summed E-state index contributed by atoms with van der Waals surface area (Å²) >= 11 is 0. The smallest absolute Gasteiger partial charge is 0.323 e. The van der Waals surface area contributed by atoms with E-state index in [-0.39, 0.29) is 12.0 Å². The molecule has 0 spiro atoms. The van der Waals surface area contributed by atoms with Gasteiger partial charge < -0.3 is 4.74 Å². The average Bonchev–Trinajstić information content (AvgIpc) is 2.69. The zero-order valence-corrected chi connectivity index (χ0v) is 12.6. The van der Waals surface area contributed by atoms with E-state index in [9.17, 15) is 4.79 Å². The Balaban J connectivity index is 2.14. The first-order valence-corrected chi connectivity index (χ1v) is 7.65. The highest BCUT2D eigenvalue weighted by atomic mass is 16.5. The lowest BCUT2D eigenvalue weighted by atomic mass is 10.0. The van der Waals surface area contributed by atoms with E-state index >= 15 is 0 Å². The molecule has 2 rings (SSSR count). The predicted octanol–water partition coefficient (Wildman–Crippen LogP) is 3.17. The van der Waals surface area contributed by atoms with E-state index < -0.39 is 0 Å². The van der Waals surface area contributed by atoms with Gasteiger partial charge in [-0.15, -0.1) is 0 Å². The fourth-order valence-electron chi connectivity index (χ4n) is 2.98. The van der Waals surface area contributed by atoms with Crippen LogP contribution in [0.2, 0.25) is 0 Å². The number of rotatable bonds is 5. The van der Waals surface area contributed by atoms with Crippen molar-refractivity contribution in [2.45, 2.75) is 51.6 Å². The van der Waals surface area contributed by atoms with Gasteiger partial charge in [0.05, 0.1) is 7.11 Å². The fourth-order valence-corrected chi connectivity index (χ4v) is 2.98. The molecule has 0 fully saturated rings. The Morgan fingerprint density at radius 3 is 2.80 bits per heavy atom. The topological polar surface area (TPSA) is 29.5 Å². The molecule has 20 heavy (non-hydrogen) atoms. The van der Waals surface area contributed by atoms with Crippen molar-refractivity contribution < 1.29 is 9.53 Å². The highest BCUT2D eigenvalue weighted by molar-refractivity contribution is 5.75. The van der Waals surface area contributed by atoms with Crippen LogP contribution < -0.4 is 0 Å². The molecule has 0 radical (unpaired) electrons. The lowest BCUT2D eigenvalue weighted by molar-refractivity contribution is -0.147. The molecule has 3 nitrogen and oxygen atoms in total. The lowest BCUT2D eigenvalue weighted by Gasteiger charge is -2.28. The zero-order chi connectivity index (χ0) is 14.4. The molecule has 1 heterocycles. The van der Waals surface area contributed by atoms with Gasteiger partial charge >= 0.3 is 5.97 Å². The van der Waals surface area contributed by atoms with Gasteiger partial charge in [-0.25, -0.2) is 0 Å². The SMILES string of the molecule is CCCCC(C(=O)OC)N1CCCc2ccccc2C1. The van der Waals surface area contributed by atoms with Gasteiger partial charge in [-0.3, -0.25) is 9.69 Å². The minimum atomic E-state index is -0.0916. The van der Waals surface area contributed by atoms with E-state index in [1.54, 1.807) is 0 Å². The summed E-state index contributed by atoms with van der Waals surface area (Å²) in [6.45, 7) is 3.99. The normalized spacial score (nSPS) is 17.1. The van der Waals surface area contributed by atoms with Crippen molar-refractivity contribution in [3.63, 3.8) is 0 Å². The molecule has 1 aromatic rings. The number of benzene rings is 1. The van der Waals surface area contributed by atoms with E-state index in [4.69, 9.17) is 4.74 Å². The van der Waals surface area contributed by atoms with Gasteiger partial charge in [-0.1, -0.05) is 44.0 Å². The van der Waals surface area contributed by atoms with Gasteiger partial charge in [-0.2, -0.15) is 0 Å². The number of aryl methyl sites for hydroxylation is 1. The van der Waals surface area contributed by atoms with Gasteiger partial charge in [-0.05, 0) is 36.9 Å². The van der Waals surface area contributed by atoms with Crippen LogP contribution in [0.5, 0.6) is 0 Å². The number of hydrogen-bond acceptors (Lipinski definition) is 3. The first-order valence-electron chi connectivity index (χ1n) is 7.65. The number of fused-ring (bicyclic) bond motifs is 1. The number of carbonyl (C=O) groups is 1. The van der Waals surface area contributed by atoms with Crippen molar-refractivity contribution in [3.05, 3.63) is 35.4 Å². The Kier molecular flexibility index (Phi) is 5.60. The van der Waals surface area contributed by atoms with Gasteiger partial charge in [0.15, 0.2) is 0 Å². The van der Waals surface area contributed by atoms with Crippen LogP contribution in [0.4, 0.5) is 0 Å². The second-order valence-electron chi connectivity index (χ2n) is 5.52. The van der Waals surface area contributed by atoms with E-state index in [2.05, 4.69) is 36.1 Å². The van der Waals surface area contributed by atoms with Gasteiger partial charge in [0.1, 0.15) is 6.04 Å². The molecule has 1 atom stereocenters. The van der Waals surface area contributed by atoms with Crippen molar-refractivity contribution in [1.82, 2.24) is 4.90 Å². The standard InChI is InChI=1S/C17H25NO2/c1-3-4-11-16(17(19)20-2)18-12-7-10-14-8-5-6-9-15(14)13-18/h5-6,8-9,16H,3-4,7,10-13H2,1-2H3. The Bertz CT molecular complexity index is 444. The number of nitrogens with zero attached hydrogens (tertiary/aromatic N) is 1. The summed E-state index contributed by atoms with van der Waals surface area (Å²) in [6, 6.07) is 8.48. The van der Waals surface area contributed by atoms with Crippen LogP contribution in [0, 0.1) is 0 Å². The maximum Gasteiger partial charge on any atom is 0.323 e. The highest BCUT2D eigenvalue weighted by Crippen LogP contribution is 2.22. The summed E-state index contributed by atoms with van der Waals surface area (Å²) in [5.41, 5.74) is 2.78. The molecule has 1 aliphatic rings. The molecule has 3 heteroatoms. The minimum absolute atomic E-state index is 0.0853. The van der Waals surface area contributed by atoms with Crippen LogP contribution in [0.25, 0.3) is 0 Å². The molecular weight excluding hydrogens is 250 g/mol. The van der Waals surface area contributed by atoms with E-state index in [0.717, 1.165) is 45.2 Å². The third-order valence-corrected chi connectivity index (χ3v) is 4.13. The molecule has 0 bridgehead atoms. The number of unbranched alkanes of at least 4 members (excludes halogenated alkanes) is 1. The second kappa shape index (κ2) is 7.44. The molecule has 1 aliphatic heterocycles. The van der Waals surface area contributed by atoms with Crippen LogP contribution in [0.15, 0.2) is 24.3 Å². The molecule has 1 aromatic carbocycles. The third kappa shape index (κ3) is 3.60. The first kappa shape index (κ1) is 15.0. The van der Waals surface area contributed by atoms with E-state index in [0.29, 0.717) is 0 Å². The molecule has 0 saturated heterocycles. The maximum absolute atomic E-state index is 12.1. The summed E-state index contributed by atoms with van der Waals surface area (Å²) < 4.78 is 5.01. The Morgan fingerprint density at radius 2 is 2.10 bits per heavy atom. The Hall–Kier alpha value is -1.35. The largest absolute Gasteiger partial charge is 0.468 e. The van der Waals surface area contributed by atoms with Crippen LogP contribution in [-0.2, 0) is 22.5 Å². The van der Waals surface area contributed by atoms with Crippen molar-refractivity contribution in [1.29, 1.82) is 0 Å². The van der Waals surface area contributed by atoms with Gasteiger partial charge in [0.25, 0.3) is 0 Å². The molecule has 0 aliphatic carbocycles. The Labute approximate surface area is 121 Å². The summed E-state index contributed by atoms with van der Waals surface area (Å²) in [6.07, 6.45) is 5.28. The van der Waals surface area contributed by atoms with Crippen LogP contribution in [0.1, 0.15) is 43.7 Å². The Morgan fingerprint density at radius 1 is 1.35 bits per heavy atom. The lowest BCUT2D eigenvalue weighted by Crippen LogP contribution is -2.41. The highest BCUT2D eigenvalue weighted by Gasteiger charge is 2.27. The minimum Gasteiger partial charge on any atom is -0.468 e. The van der Waals surface area contributed by atoms with Crippen molar-refractivity contribution in [3.8, 4) is 0 Å². The molecular formula is C17H25NO2. The third-order valence-electron chi connectivity index (χ3n) is 4.13. The number of ether oxygens (including phenoxy) is 1. The zero-order valence-electron chi connectivity index (χ0n) is 12.6. The predicted molar refractivity (Wildman–Crippen MR) is 80.5 cm³/mol. The van der Waals surface area contributed by atoms with Gasteiger partial charge in [0.2, 0.25) is 0 Å². The molecule has 0 saturated carbocycles. The summed E-state index contributed by atoms with van der Waals surface area (Å²) in [5.74, 6) is -0.0853. The number of hydrogen-bond donors (Lipinski definition) is 0.